The van der Waals surface area contributed by atoms with Gasteiger partial charge in [-0.3, -0.25) is 4.79 Å². The number of hydrogen-bond acceptors (Lipinski definition) is 4. The summed E-state index contributed by atoms with van der Waals surface area (Å²) in [6.07, 6.45) is 4.58. The first-order valence-corrected chi connectivity index (χ1v) is 11.4. The Labute approximate surface area is 182 Å². The van der Waals surface area contributed by atoms with Crippen molar-refractivity contribution in [3.63, 3.8) is 0 Å². The summed E-state index contributed by atoms with van der Waals surface area (Å²) in [6.45, 7) is 0. The number of imidazole rings is 1. The lowest BCUT2D eigenvalue weighted by Gasteiger charge is -2.10. The molecule has 1 fully saturated rings. The Balaban J connectivity index is 1.48. The Morgan fingerprint density at radius 2 is 2.00 bits per heavy atom. The van der Waals surface area contributed by atoms with E-state index in [9.17, 15) is 4.79 Å². The number of nitrogens with zero attached hydrogens (tertiary/aromatic N) is 3. The zero-order valence-corrected chi connectivity index (χ0v) is 18.7. The second kappa shape index (κ2) is 8.24. The molecule has 0 unspecified atom stereocenters. The number of alkyl halides is 1. The average Bonchev–Trinajstić information content (AvgIpc) is 3.39. The van der Waals surface area contributed by atoms with Crippen LogP contribution in [0.4, 0.5) is 0 Å². The SMILES string of the molecule is CN(C)C(=O)[C@H]1C[C@@H]1c1ccc(-c2[nH]cnc2Sc2ccc(CI)cn2)cc1. The van der Waals surface area contributed by atoms with Gasteiger partial charge in [0.15, 0.2) is 0 Å². The molecule has 0 aliphatic heterocycles. The standard InChI is InChI=1S/C21H21IN4OS/c1-26(2)21(27)17-9-16(17)14-4-6-15(7-5-14)19-20(25-12-24-19)28-18-8-3-13(10-22)11-23-18/h3-8,11-12,16-17H,9-10H2,1-2H3,(H,24,25)/t16-,17+/m1/s1. The van der Waals surface area contributed by atoms with E-state index in [0.29, 0.717) is 5.92 Å². The highest BCUT2D eigenvalue weighted by molar-refractivity contribution is 14.1. The van der Waals surface area contributed by atoms with Crippen LogP contribution in [-0.2, 0) is 9.22 Å². The number of benzene rings is 1. The molecule has 1 aliphatic rings. The van der Waals surface area contributed by atoms with E-state index in [1.807, 2.05) is 26.4 Å². The molecule has 144 valence electrons. The second-order valence-electron chi connectivity index (χ2n) is 7.13. The number of pyridine rings is 1. The molecule has 0 spiro atoms. The maximum atomic E-state index is 12.1. The first-order valence-electron chi connectivity index (χ1n) is 9.10. The zero-order valence-electron chi connectivity index (χ0n) is 15.7. The topological polar surface area (TPSA) is 61.9 Å². The number of H-pyrrole nitrogens is 1. The predicted molar refractivity (Wildman–Crippen MR) is 120 cm³/mol. The lowest BCUT2D eigenvalue weighted by Crippen LogP contribution is -2.23. The lowest BCUT2D eigenvalue weighted by atomic mass is 10.1. The fourth-order valence-corrected chi connectivity index (χ4v) is 4.56. The molecule has 4 rings (SSSR count). The quantitative estimate of drug-likeness (QED) is 0.389. The molecule has 0 bridgehead atoms. The van der Waals surface area contributed by atoms with E-state index >= 15 is 0 Å². The molecule has 1 amide bonds. The van der Waals surface area contributed by atoms with Gasteiger partial charge in [-0.15, -0.1) is 0 Å². The molecule has 0 radical (unpaired) electrons. The van der Waals surface area contributed by atoms with Crippen LogP contribution in [0.15, 0.2) is 59.0 Å². The van der Waals surface area contributed by atoms with Crippen LogP contribution in [0.25, 0.3) is 11.3 Å². The van der Waals surface area contributed by atoms with Crippen molar-refractivity contribution in [2.45, 2.75) is 26.8 Å². The number of aromatic nitrogens is 3. The average molecular weight is 504 g/mol. The van der Waals surface area contributed by atoms with Crippen molar-refractivity contribution in [1.82, 2.24) is 19.9 Å². The number of halogens is 1. The minimum absolute atomic E-state index is 0.135. The Kier molecular flexibility index (Phi) is 5.73. The molecule has 2 atom stereocenters. The van der Waals surface area contributed by atoms with Crippen molar-refractivity contribution in [1.29, 1.82) is 0 Å². The Morgan fingerprint density at radius 1 is 1.21 bits per heavy atom. The molecule has 1 N–H and O–H groups in total. The molecule has 2 heterocycles. The molecule has 5 nitrogen and oxygen atoms in total. The van der Waals surface area contributed by atoms with Gasteiger partial charge in [0.1, 0.15) is 10.1 Å². The van der Waals surface area contributed by atoms with Crippen LogP contribution < -0.4 is 0 Å². The summed E-state index contributed by atoms with van der Waals surface area (Å²) in [4.78, 5) is 26.0. The number of nitrogens with one attached hydrogen (secondary N) is 1. The van der Waals surface area contributed by atoms with Crippen molar-refractivity contribution >= 4 is 40.3 Å². The van der Waals surface area contributed by atoms with Gasteiger partial charge in [0.25, 0.3) is 0 Å². The molecule has 28 heavy (non-hydrogen) atoms. The van der Waals surface area contributed by atoms with E-state index in [4.69, 9.17) is 0 Å². The third-order valence-corrected chi connectivity index (χ3v) is 6.77. The summed E-state index contributed by atoms with van der Waals surface area (Å²) < 4.78 is 0.956. The van der Waals surface area contributed by atoms with Crippen LogP contribution in [-0.4, -0.2) is 39.9 Å². The van der Waals surface area contributed by atoms with Crippen LogP contribution in [0, 0.1) is 5.92 Å². The van der Waals surface area contributed by atoms with Gasteiger partial charge in [0.2, 0.25) is 5.91 Å². The molecule has 7 heteroatoms. The summed E-state index contributed by atoms with van der Waals surface area (Å²) in [5, 5.41) is 1.84. The number of carbonyl (C=O) groups is 1. The maximum Gasteiger partial charge on any atom is 0.225 e. The molecular weight excluding hydrogens is 483 g/mol. The molecule has 0 saturated heterocycles. The van der Waals surface area contributed by atoms with E-state index in [0.717, 1.165) is 32.2 Å². The molecule has 2 aromatic heterocycles. The monoisotopic (exact) mass is 504 g/mol. The van der Waals surface area contributed by atoms with Crippen LogP contribution in [0.2, 0.25) is 0 Å². The zero-order chi connectivity index (χ0) is 19.7. The fourth-order valence-electron chi connectivity index (χ4n) is 3.28. The highest BCUT2D eigenvalue weighted by Crippen LogP contribution is 2.48. The normalized spacial score (nSPS) is 18.1. The minimum Gasteiger partial charge on any atom is -0.349 e. The molecule has 3 aromatic rings. The smallest absolute Gasteiger partial charge is 0.225 e. The number of hydrogen-bond donors (Lipinski definition) is 1. The molecule has 1 aromatic carbocycles. The summed E-state index contributed by atoms with van der Waals surface area (Å²) in [6, 6.07) is 12.6. The summed E-state index contributed by atoms with van der Waals surface area (Å²) in [5.74, 6) is 0.707. The highest BCUT2D eigenvalue weighted by Gasteiger charge is 2.44. The van der Waals surface area contributed by atoms with Gasteiger partial charge in [-0.25, -0.2) is 9.97 Å². The van der Waals surface area contributed by atoms with Crippen molar-refractivity contribution < 1.29 is 4.79 Å². The van der Waals surface area contributed by atoms with Crippen molar-refractivity contribution in [3.05, 3.63) is 60.0 Å². The third-order valence-electron chi connectivity index (χ3n) is 4.93. The van der Waals surface area contributed by atoms with Crippen LogP contribution >= 0.6 is 34.4 Å². The number of rotatable bonds is 6. The largest absolute Gasteiger partial charge is 0.349 e. The van der Waals surface area contributed by atoms with Gasteiger partial charge >= 0.3 is 0 Å². The summed E-state index contributed by atoms with van der Waals surface area (Å²) in [5.41, 5.74) is 4.53. The predicted octanol–water partition coefficient (Wildman–Crippen LogP) is 4.75. The van der Waals surface area contributed by atoms with Gasteiger partial charge in [0, 0.05) is 36.2 Å². The Bertz CT molecular complexity index is 969. The minimum atomic E-state index is 0.135. The van der Waals surface area contributed by atoms with Gasteiger partial charge in [0.05, 0.1) is 12.0 Å². The van der Waals surface area contributed by atoms with E-state index < -0.39 is 0 Å². The van der Waals surface area contributed by atoms with Gasteiger partial charge in [-0.05, 0) is 41.3 Å². The number of aromatic amines is 1. The Morgan fingerprint density at radius 3 is 2.64 bits per heavy atom. The van der Waals surface area contributed by atoms with Crippen LogP contribution in [0.3, 0.4) is 0 Å². The molecular formula is C21H21IN4OS. The van der Waals surface area contributed by atoms with E-state index in [-0.39, 0.29) is 11.8 Å². The summed E-state index contributed by atoms with van der Waals surface area (Å²) >= 11 is 3.89. The van der Waals surface area contributed by atoms with Crippen molar-refractivity contribution in [2.75, 3.05) is 14.1 Å². The van der Waals surface area contributed by atoms with Crippen LogP contribution in [0.1, 0.15) is 23.5 Å². The van der Waals surface area contributed by atoms with Gasteiger partial charge in [-0.1, -0.05) is 52.9 Å². The summed E-state index contributed by atoms with van der Waals surface area (Å²) in [7, 11) is 3.64. The lowest BCUT2D eigenvalue weighted by molar-refractivity contribution is -0.130. The Hall–Kier alpha value is -1.87. The van der Waals surface area contributed by atoms with Gasteiger partial charge in [-0.2, -0.15) is 0 Å². The van der Waals surface area contributed by atoms with Crippen molar-refractivity contribution in [2.24, 2.45) is 5.92 Å². The van der Waals surface area contributed by atoms with Crippen LogP contribution in [0.5, 0.6) is 0 Å². The third kappa shape index (κ3) is 4.10. The first-order chi connectivity index (χ1) is 13.6. The van der Waals surface area contributed by atoms with E-state index in [1.54, 1.807) is 23.0 Å². The highest BCUT2D eigenvalue weighted by atomic mass is 127. The second-order valence-corrected chi connectivity index (χ2v) is 8.90. The molecule has 1 aliphatic carbocycles. The van der Waals surface area contributed by atoms with Crippen molar-refractivity contribution in [3.8, 4) is 11.3 Å². The first kappa shape index (κ1) is 19.4. The van der Waals surface area contributed by atoms with E-state index in [2.05, 4.69) is 67.9 Å². The van der Waals surface area contributed by atoms with E-state index in [1.165, 1.54) is 11.1 Å². The fraction of sp³-hybridized carbons (Fsp3) is 0.286. The van der Waals surface area contributed by atoms with Gasteiger partial charge < -0.3 is 9.88 Å². The molecule has 1 saturated carbocycles. The number of amides is 1. The number of carbonyl (C=O) groups excluding carboxylic acids is 1. The maximum absolute atomic E-state index is 12.1.